The predicted octanol–water partition coefficient (Wildman–Crippen LogP) is 3.16. The highest BCUT2D eigenvalue weighted by molar-refractivity contribution is 5.94. The van der Waals surface area contributed by atoms with Crippen molar-refractivity contribution < 1.29 is 19.1 Å². The molecule has 7 heteroatoms. The van der Waals surface area contributed by atoms with Gasteiger partial charge in [0.25, 0.3) is 5.91 Å². The predicted molar refractivity (Wildman–Crippen MR) is 128 cm³/mol. The Kier molecular flexibility index (Phi) is 7.32. The number of rotatable bonds is 7. The van der Waals surface area contributed by atoms with Crippen molar-refractivity contribution in [3.05, 3.63) is 71.8 Å². The van der Waals surface area contributed by atoms with E-state index < -0.39 is 24.4 Å². The number of fused-ring (bicyclic) bond motifs is 1. The summed E-state index contributed by atoms with van der Waals surface area (Å²) in [6.45, 7) is 5.56. The summed E-state index contributed by atoms with van der Waals surface area (Å²) in [7, 11) is 0. The first-order valence-corrected chi connectivity index (χ1v) is 12.1. The Hall–Kier alpha value is -3.19. The van der Waals surface area contributed by atoms with E-state index in [4.69, 9.17) is 4.74 Å². The van der Waals surface area contributed by atoms with Crippen LogP contribution >= 0.6 is 0 Å². The molecule has 2 aromatic carbocycles. The SMILES string of the molecule is CC[C@@H](C)C(=O)N[C@@H]1C(=O)N2C(C(=O)NC(c3ccccc3)c3ccccc3)CC[C@@H]2O[C@@H]1C. The Morgan fingerprint density at radius 1 is 1.03 bits per heavy atom. The highest BCUT2D eigenvalue weighted by Crippen LogP contribution is 2.33. The van der Waals surface area contributed by atoms with Gasteiger partial charge in [-0.25, -0.2) is 0 Å². The van der Waals surface area contributed by atoms with E-state index in [2.05, 4.69) is 10.6 Å². The fourth-order valence-electron chi connectivity index (χ4n) is 4.70. The standard InChI is InChI=1S/C27H33N3O4/c1-4-17(2)25(31)28-23-18(3)34-22-16-15-21(30(22)27(23)33)26(32)29-24(19-11-7-5-8-12-19)20-13-9-6-10-14-20/h5-14,17-18,21-24H,4,15-16H2,1-3H3,(H,28,31)(H,29,32)/t17-,18-,21?,22+,23+/m1/s1. The fourth-order valence-corrected chi connectivity index (χ4v) is 4.70. The smallest absolute Gasteiger partial charge is 0.250 e. The molecule has 180 valence electrons. The van der Waals surface area contributed by atoms with Gasteiger partial charge in [0.2, 0.25) is 11.8 Å². The lowest BCUT2D eigenvalue weighted by Crippen LogP contribution is -2.64. The van der Waals surface area contributed by atoms with Crippen LogP contribution in [0.2, 0.25) is 0 Å². The highest BCUT2D eigenvalue weighted by Gasteiger charge is 2.50. The molecule has 2 heterocycles. The average Bonchev–Trinajstić information content (AvgIpc) is 3.29. The number of nitrogens with one attached hydrogen (secondary N) is 2. The van der Waals surface area contributed by atoms with Crippen molar-refractivity contribution >= 4 is 17.7 Å². The first-order chi connectivity index (χ1) is 16.4. The highest BCUT2D eigenvalue weighted by atomic mass is 16.5. The van der Waals surface area contributed by atoms with Gasteiger partial charge in [-0.05, 0) is 37.3 Å². The summed E-state index contributed by atoms with van der Waals surface area (Å²) in [5.41, 5.74) is 1.93. The number of ether oxygens (including phenoxy) is 1. The Morgan fingerprint density at radius 2 is 1.62 bits per heavy atom. The Morgan fingerprint density at radius 3 is 2.18 bits per heavy atom. The molecule has 4 rings (SSSR count). The van der Waals surface area contributed by atoms with E-state index in [9.17, 15) is 14.4 Å². The van der Waals surface area contributed by atoms with Gasteiger partial charge in [-0.1, -0.05) is 74.5 Å². The summed E-state index contributed by atoms with van der Waals surface area (Å²) >= 11 is 0. The zero-order valence-electron chi connectivity index (χ0n) is 19.9. The quantitative estimate of drug-likeness (QED) is 0.660. The molecule has 2 aromatic rings. The molecular formula is C27H33N3O4. The van der Waals surface area contributed by atoms with Gasteiger partial charge < -0.3 is 20.3 Å². The molecule has 2 aliphatic heterocycles. The molecule has 1 unspecified atom stereocenters. The molecule has 0 aromatic heterocycles. The Bertz CT molecular complexity index is 974. The second-order valence-corrected chi connectivity index (χ2v) is 9.19. The van der Waals surface area contributed by atoms with Crippen molar-refractivity contribution in [3.63, 3.8) is 0 Å². The van der Waals surface area contributed by atoms with E-state index in [1.807, 2.05) is 74.5 Å². The number of benzene rings is 2. The number of carbonyl (C=O) groups excluding carboxylic acids is 3. The van der Waals surface area contributed by atoms with Gasteiger partial charge in [0.15, 0.2) is 0 Å². The average molecular weight is 464 g/mol. The Labute approximate surface area is 200 Å². The molecule has 0 saturated carbocycles. The van der Waals surface area contributed by atoms with Crippen molar-refractivity contribution in [1.82, 2.24) is 15.5 Å². The van der Waals surface area contributed by atoms with E-state index >= 15 is 0 Å². The number of hydrogen-bond acceptors (Lipinski definition) is 4. The number of carbonyl (C=O) groups is 3. The van der Waals surface area contributed by atoms with Gasteiger partial charge in [-0.3, -0.25) is 14.4 Å². The largest absolute Gasteiger partial charge is 0.353 e. The number of nitrogens with zero attached hydrogens (tertiary/aromatic N) is 1. The molecule has 2 saturated heterocycles. The minimum Gasteiger partial charge on any atom is -0.353 e. The van der Waals surface area contributed by atoms with Crippen molar-refractivity contribution in [3.8, 4) is 0 Å². The minimum absolute atomic E-state index is 0.178. The lowest BCUT2D eigenvalue weighted by molar-refractivity contribution is -0.179. The second-order valence-electron chi connectivity index (χ2n) is 9.19. The van der Waals surface area contributed by atoms with Crippen molar-refractivity contribution in [2.75, 3.05) is 0 Å². The van der Waals surface area contributed by atoms with Crippen LogP contribution in [0.15, 0.2) is 60.7 Å². The van der Waals surface area contributed by atoms with Crippen LogP contribution in [0, 0.1) is 5.92 Å². The van der Waals surface area contributed by atoms with Crippen LogP contribution in [0.3, 0.4) is 0 Å². The molecule has 0 radical (unpaired) electrons. The van der Waals surface area contributed by atoms with E-state index in [-0.39, 0.29) is 29.7 Å². The van der Waals surface area contributed by atoms with E-state index in [0.717, 1.165) is 11.1 Å². The molecule has 0 bridgehead atoms. The van der Waals surface area contributed by atoms with Gasteiger partial charge >= 0.3 is 0 Å². The van der Waals surface area contributed by atoms with Gasteiger partial charge in [-0.15, -0.1) is 0 Å². The summed E-state index contributed by atoms with van der Waals surface area (Å²) in [5, 5.41) is 6.01. The van der Waals surface area contributed by atoms with Crippen LogP contribution in [0.4, 0.5) is 0 Å². The molecule has 34 heavy (non-hydrogen) atoms. The maximum Gasteiger partial charge on any atom is 0.250 e. The summed E-state index contributed by atoms with van der Waals surface area (Å²) in [4.78, 5) is 41.0. The molecule has 2 fully saturated rings. The molecule has 0 spiro atoms. The van der Waals surface area contributed by atoms with Crippen LogP contribution in [0.5, 0.6) is 0 Å². The lowest BCUT2D eigenvalue weighted by Gasteiger charge is -2.41. The molecule has 2 aliphatic rings. The van der Waals surface area contributed by atoms with E-state index in [0.29, 0.717) is 19.3 Å². The molecule has 7 nitrogen and oxygen atoms in total. The van der Waals surface area contributed by atoms with E-state index in [1.54, 1.807) is 6.92 Å². The zero-order valence-corrected chi connectivity index (χ0v) is 19.9. The van der Waals surface area contributed by atoms with Crippen LogP contribution in [-0.4, -0.2) is 47.0 Å². The van der Waals surface area contributed by atoms with Gasteiger partial charge in [0, 0.05) is 5.92 Å². The second kappa shape index (κ2) is 10.4. The fraction of sp³-hybridized carbons (Fsp3) is 0.444. The molecule has 3 amide bonds. The summed E-state index contributed by atoms with van der Waals surface area (Å²) in [6.07, 6.45) is 0.866. The topological polar surface area (TPSA) is 87.7 Å². The van der Waals surface area contributed by atoms with Crippen LogP contribution < -0.4 is 10.6 Å². The van der Waals surface area contributed by atoms with E-state index in [1.165, 1.54) is 4.90 Å². The summed E-state index contributed by atoms with van der Waals surface area (Å²) in [5.74, 6) is -0.858. The maximum atomic E-state index is 13.5. The Balaban J connectivity index is 1.54. The van der Waals surface area contributed by atoms with Crippen LogP contribution in [0.25, 0.3) is 0 Å². The molecule has 0 aliphatic carbocycles. The third-order valence-corrected chi connectivity index (χ3v) is 6.91. The third kappa shape index (κ3) is 4.85. The minimum atomic E-state index is -0.801. The first-order valence-electron chi connectivity index (χ1n) is 12.1. The summed E-state index contributed by atoms with van der Waals surface area (Å²) < 4.78 is 6.07. The lowest BCUT2D eigenvalue weighted by atomic mass is 9.98. The van der Waals surface area contributed by atoms with Crippen molar-refractivity contribution in [2.45, 2.75) is 70.5 Å². The van der Waals surface area contributed by atoms with Gasteiger partial charge in [0.05, 0.1) is 12.1 Å². The molecular weight excluding hydrogens is 430 g/mol. The van der Waals surface area contributed by atoms with Gasteiger partial charge in [0.1, 0.15) is 18.3 Å². The third-order valence-electron chi connectivity index (χ3n) is 6.91. The normalized spacial score (nSPS) is 25.1. The van der Waals surface area contributed by atoms with Crippen LogP contribution in [-0.2, 0) is 19.1 Å². The van der Waals surface area contributed by atoms with Crippen molar-refractivity contribution in [2.24, 2.45) is 5.92 Å². The number of amides is 3. The van der Waals surface area contributed by atoms with Crippen LogP contribution in [0.1, 0.15) is 57.2 Å². The first kappa shape index (κ1) is 24.0. The number of hydrogen-bond donors (Lipinski definition) is 2. The van der Waals surface area contributed by atoms with Crippen molar-refractivity contribution in [1.29, 1.82) is 0 Å². The molecule has 2 N–H and O–H groups in total. The maximum absolute atomic E-state index is 13.5. The van der Waals surface area contributed by atoms with Gasteiger partial charge in [-0.2, -0.15) is 0 Å². The summed E-state index contributed by atoms with van der Waals surface area (Å²) in [6, 6.07) is 17.8. The monoisotopic (exact) mass is 463 g/mol. The zero-order chi connectivity index (χ0) is 24.2. The molecule has 5 atom stereocenters.